The smallest absolute Gasteiger partial charge is 0.334 e. The van der Waals surface area contributed by atoms with Gasteiger partial charge in [-0.15, -0.1) is 0 Å². The number of nitrogens with zero attached hydrogens (tertiary/aromatic N) is 1. The van der Waals surface area contributed by atoms with Crippen LogP contribution < -0.4 is 4.74 Å². The minimum Gasteiger partial charge on any atom is -0.478 e. The predicted molar refractivity (Wildman–Crippen MR) is 58.0 cm³/mol. The first-order chi connectivity index (χ1) is 7.77. The third kappa shape index (κ3) is 2.39. The molecule has 0 amide bonds. The van der Waals surface area contributed by atoms with Crippen LogP contribution >= 0.6 is 0 Å². The number of rotatable bonds is 3. The van der Waals surface area contributed by atoms with E-state index in [4.69, 9.17) is 9.84 Å². The van der Waals surface area contributed by atoms with Crippen LogP contribution in [-0.4, -0.2) is 16.1 Å². The fraction of sp³-hybridized carbons (Fsp3) is 0.333. The molecule has 0 aliphatic heterocycles. The average Bonchev–Trinajstić information content (AvgIpc) is 2.31. The van der Waals surface area contributed by atoms with Gasteiger partial charge in [-0.1, -0.05) is 6.07 Å². The van der Waals surface area contributed by atoms with Crippen LogP contribution in [0, 0.1) is 0 Å². The average molecular weight is 219 g/mol. The third-order valence-corrected chi connectivity index (χ3v) is 2.54. The van der Waals surface area contributed by atoms with E-state index in [-0.39, 0.29) is 0 Å². The number of hydrogen-bond donors (Lipinski definition) is 1. The van der Waals surface area contributed by atoms with Crippen LogP contribution in [-0.2, 0) is 4.79 Å². The number of hydrogen-bond acceptors (Lipinski definition) is 3. The van der Waals surface area contributed by atoms with E-state index in [9.17, 15) is 4.79 Å². The largest absolute Gasteiger partial charge is 0.478 e. The first-order valence-corrected chi connectivity index (χ1v) is 5.31. The van der Waals surface area contributed by atoms with Crippen molar-refractivity contribution in [2.45, 2.75) is 25.7 Å². The molecule has 1 aromatic rings. The monoisotopic (exact) mass is 219 g/mol. The van der Waals surface area contributed by atoms with Gasteiger partial charge in [0.1, 0.15) is 5.76 Å². The molecule has 0 bridgehead atoms. The lowest BCUT2D eigenvalue weighted by Gasteiger charge is -2.17. The summed E-state index contributed by atoms with van der Waals surface area (Å²) in [5, 5.41) is 9.03. The second kappa shape index (κ2) is 4.79. The van der Waals surface area contributed by atoms with Crippen molar-refractivity contribution in [2.24, 2.45) is 0 Å². The predicted octanol–water partition coefficient (Wildman–Crippen LogP) is 2.37. The molecule has 1 aliphatic carbocycles. The normalized spacial score (nSPS) is 16.0. The summed E-state index contributed by atoms with van der Waals surface area (Å²) in [5.41, 5.74) is 0.386. The lowest BCUT2D eigenvalue weighted by atomic mass is 9.98. The number of carboxylic acids is 1. The number of carbonyl (C=O) groups is 1. The maximum absolute atomic E-state index is 11.0. The molecule has 4 heteroatoms. The Morgan fingerprint density at radius 2 is 2.12 bits per heavy atom. The lowest BCUT2D eigenvalue weighted by molar-refractivity contribution is -0.133. The van der Waals surface area contributed by atoms with Crippen molar-refractivity contribution in [3.8, 4) is 5.88 Å². The molecule has 1 heterocycles. The van der Waals surface area contributed by atoms with Gasteiger partial charge in [-0.05, 0) is 25.3 Å². The van der Waals surface area contributed by atoms with Crippen molar-refractivity contribution < 1.29 is 14.6 Å². The van der Waals surface area contributed by atoms with Crippen LogP contribution in [0.4, 0.5) is 0 Å². The zero-order chi connectivity index (χ0) is 11.4. The standard InChI is InChI=1S/C12H13NO3/c14-12(15)9-5-1-2-6-10(9)16-11-7-3-4-8-13-11/h3-4,7-8H,1-2,5-6H2,(H,14,15). The van der Waals surface area contributed by atoms with Crippen molar-refractivity contribution >= 4 is 5.97 Å². The Balaban J connectivity index is 2.21. The highest BCUT2D eigenvalue weighted by molar-refractivity contribution is 5.87. The molecule has 16 heavy (non-hydrogen) atoms. The maximum Gasteiger partial charge on any atom is 0.334 e. The van der Waals surface area contributed by atoms with E-state index in [0.717, 1.165) is 12.8 Å². The Hall–Kier alpha value is -1.84. The number of aromatic nitrogens is 1. The van der Waals surface area contributed by atoms with Gasteiger partial charge in [0.2, 0.25) is 5.88 Å². The molecule has 0 fully saturated rings. The lowest BCUT2D eigenvalue weighted by Crippen LogP contribution is -2.13. The minimum atomic E-state index is -0.884. The fourth-order valence-corrected chi connectivity index (χ4v) is 1.75. The first kappa shape index (κ1) is 10.7. The van der Waals surface area contributed by atoms with Gasteiger partial charge < -0.3 is 9.84 Å². The highest BCUT2D eigenvalue weighted by Gasteiger charge is 2.20. The molecule has 1 N–H and O–H groups in total. The summed E-state index contributed by atoms with van der Waals surface area (Å²) >= 11 is 0. The quantitative estimate of drug-likeness (QED) is 0.847. The molecule has 0 atom stereocenters. The van der Waals surface area contributed by atoms with Crippen molar-refractivity contribution in [1.29, 1.82) is 0 Å². The zero-order valence-electron chi connectivity index (χ0n) is 8.85. The third-order valence-electron chi connectivity index (χ3n) is 2.54. The number of aliphatic carboxylic acids is 1. The molecular formula is C12H13NO3. The van der Waals surface area contributed by atoms with Gasteiger partial charge in [0.05, 0.1) is 5.57 Å². The summed E-state index contributed by atoms with van der Waals surface area (Å²) in [6.45, 7) is 0. The number of pyridine rings is 1. The van der Waals surface area contributed by atoms with E-state index < -0.39 is 5.97 Å². The summed E-state index contributed by atoms with van der Waals surface area (Å²) in [6.07, 6.45) is 4.77. The van der Waals surface area contributed by atoms with Crippen LogP contribution in [0.15, 0.2) is 35.7 Å². The fourth-order valence-electron chi connectivity index (χ4n) is 1.75. The molecule has 1 aliphatic rings. The summed E-state index contributed by atoms with van der Waals surface area (Å²) in [5.74, 6) is 0.126. The number of ether oxygens (including phenoxy) is 1. The van der Waals surface area contributed by atoms with E-state index >= 15 is 0 Å². The summed E-state index contributed by atoms with van der Waals surface area (Å²) in [4.78, 5) is 15.0. The minimum absolute atomic E-state index is 0.386. The summed E-state index contributed by atoms with van der Waals surface area (Å²) in [7, 11) is 0. The van der Waals surface area contributed by atoms with Crippen LogP contribution in [0.2, 0.25) is 0 Å². The highest BCUT2D eigenvalue weighted by Crippen LogP contribution is 2.26. The van der Waals surface area contributed by atoms with Gasteiger partial charge in [0.15, 0.2) is 0 Å². The van der Waals surface area contributed by atoms with Crippen molar-refractivity contribution in [3.05, 3.63) is 35.7 Å². The van der Waals surface area contributed by atoms with Crippen LogP contribution in [0.5, 0.6) is 5.88 Å². The van der Waals surface area contributed by atoms with Crippen molar-refractivity contribution in [1.82, 2.24) is 4.98 Å². The molecule has 0 radical (unpaired) electrons. The molecule has 0 spiro atoms. The molecule has 0 aromatic carbocycles. The Morgan fingerprint density at radius 3 is 2.81 bits per heavy atom. The highest BCUT2D eigenvalue weighted by atomic mass is 16.5. The molecule has 1 aromatic heterocycles. The van der Waals surface area contributed by atoms with Crippen LogP contribution in [0.25, 0.3) is 0 Å². The second-order valence-corrected chi connectivity index (χ2v) is 3.68. The Kier molecular flexibility index (Phi) is 3.19. The van der Waals surface area contributed by atoms with Crippen molar-refractivity contribution in [3.63, 3.8) is 0 Å². The first-order valence-electron chi connectivity index (χ1n) is 5.31. The molecule has 84 valence electrons. The second-order valence-electron chi connectivity index (χ2n) is 3.68. The topological polar surface area (TPSA) is 59.4 Å². The van der Waals surface area contributed by atoms with Crippen molar-refractivity contribution in [2.75, 3.05) is 0 Å². The van der Waals surface area contributed by atoms with E-state index in [1.165, 1.54) is 0 Å². The maximum atomic E-state index is 11.0. The van der Waals surface area contributed by atoms with Gasteiger partial charge in [-0.2, -0.15) is 0 Å². The van der Waals surface area contributed by atoms with Gasteiger partial charge in [-0.25, -0.2) is 9.78 Å². The van der Waals surface area contributed by atoms with E-state index in [1.807, 2.05) is 6.07 Å². The number of allylic oxidation sites excluding steroid dienone is 1. The molecule has 2 rings (SSSR count). The van der Waals surface area contributed by atoms with Crippen LogP contribution in [0.1, 0.15) is 25.7 Å². The molecule has 0 unspecified atom stereocenters. The molecule has 0 saturated heterocycles. The van der Waals surface area contributed by atoms with Crippen LogP contribution in [0.3, 0.4) is 0 Å². The van der Waals surface area contributed by atoms with Gasteiger partial charge in [-0.3, -0.25) is 0 Å². The van der Waals surface area contributed by atoms with Gasteiger partial charge in [0.25, 0.3) is 0 Å². The number of carboxylic acid groups (broad SMARTS) is 1. The summed E-state index contributed by atoms with van der Waals surface area (Å²) < 4.78 is 5.52. The Bertz CT molecular complexity index is 412. The Morgan fingerprint density at radius 1 is 1.31 bits per heavy atom. The van der Waals surface area contributed by atoms with E-state index in [2.05, 4.69) is 4.98 Å². The van der Waals surface area contributed by atoms with E-state index in [1.54, 1.807) is 18.3 Å². The molecule has 4 nitrogen and oxygen atoms in total. The molecule has 0 saturated carbocycles. The molecular weight excluding hydrogens is 206 g/mol. The Labute approximate surface area is 93.6 Å². The zero-order valence-corrected chi connectivity index (χ0v) is 8.85. The van der Waals surface area contributed by atoms with Gasteiger partial charge >= 0.3 is 5.97 Å². The van der Waals surface area contributed by atoms with Gasteiger partial charge in [0, 0.05) is 18.7 Å². The van der Waals surface area contributed by atoms with E-state index in [0.29, 0.717) is 30.1 Å². The summed E-state index contributed by atoms with van der Waals surface area (Å²) in [6, 6.07) is 5.33. The SMILES string of the molecule is O=C(O)C1=C(Oc2ccccn2)CCCC1.